The first-order valence-electron chi connectivity index (χ1n) is 25.3. The van der Waals surface area contributed by atoms with E-state index < -0.39 is 0 Å². The molecule has 1 aromatic heterocycles. The van der Waals surface area contributed by atoms with Gasteiger partial charge < -0.3 is 0 Å². The van der Waals surface area contributed by atoms with Gasteiger partial charge in [-0.2, -0.15) is 10.5 Å². The van der Waals surface area contributed by atoms with E-state index in [0.29, 0.717) is 39.4 Å². The highest BCUT2D eigenvalue weighted by Crippen LogP contribution is 2.55. The van der Waals surface area contributed by atoms with E-state index in [1.165, 1.54) is 86.5 Å². The molecule has 0 amide bonds. The van der Waals surface area contributed by atoms with Crippen LogP contribution in [-0.2, 0) is 10.8 Å². The summed E-state index contributed by atoms with van der Waals surface area (Å²) < 4.78 is 0. The Kier molecular flexibility index (Phi) is 11.5. The topological polar surface area (TPSA) is 86.2 Å². The third kappa shape index (κ3) is 8.58. The highest BCUT2D eigenvalue weighted by molar-refractivity contribution is 5.76. The molecule has 8 atom stereocenters. The minimum absolute atomic E-state index is 0.294. The minimum atomic E-state index is 0.294. The highest BCUT2D eigenvalue weighted by atomic mass is 15.0. The number of hydrogen-bond donors (Lipinski definition) is 0. The lowest BCUT2D eigenvalue weighted by Gasteiger charge is -2.50. The molecule has 1 heterocycles. The Labute approximate surface area is 403 Å². The SMILES string of the molecule is CC1CC2C[C@H](C)CC(c3ccc(-c4cccc(-c5nc(-c6ccc(-c7cc(C#N)cc(C#N)c7)cc6)nc(-c6cccc(-c7ccc(C89CC(C[C@@H](C)C8)C[C@H](C)C9)cc7)c6)n5)c4)cc3)(C1)C2. The van der Waals surface area contributed by atoms with Gasteiger partial charge in [-0.3, -0.25) is 0 Å². The Hall–Kier alpha value is -6.69. The largest absolute Gasteiger partial charge is 0.208 e. The molecule has 5 heteroatoms. The van der Waals surface area contributed by atoms with E-state index in [1.807, 2.05) is 36.4 Å². The van der Waals surface area contributed by atoms with Crippen molar-refractivity contribution in [2.45, 2.75) is 103 Å². The van der Waals surface area contributed by atoms with Crippen LogP contribution in [0.1, 0.15) is 114 Å². The monoisotopic (exact) mass is 887 g/mol. The Balaban J connectivity index is 0.945. The second-order valence-corrected chi connectivity index (χ2v) is 22.1. The van der Waals surface area contributed by atoms with Crippen molar-refractivity contribution < 1.29 is 0 Å². The Morgan fingerprint density at radius 3 is 1.10 bits per heavy atom. The standard InChI is InChI=1S/C63H61N5/c1-40-23-44-24-41(2)33-62(32-40,36-44)57-19-15-48(16-20-57)52-7-5-9-54(30-52)60-66-59(51-13-11-50(12-14-51)56-28-46(38-64)27-47(29-56)39-65)67-61(68-60)55-10-6-8-53(31-55)49-17-21-58(22-18-49)63-34-42(3)25-45(37-63)26-43(4)35-63/h5-22,27-31,40-45H,23-26,32-37H2,1-4H3/t40-,41+,42-,43?,44?,45?,62?,63?/m0/s1. The maximum atomic E-state index is 9.65. The van der Waals surface area contributed by atoms with E-state index in [-0.39, 0.29) is 0 Å². The highest BCUT2D eigenvalue weighted by Gasteiger charge is 2.46. The summed E-state index contributed by atoms with van der Waals surface area (Å²) in [6.45, 7) is 9.85. The first-order chi connectivity index (χ1) is 33.0. The lowest BCUT2D eigenvalue weighted by atomic mass is 9.54. The Morgan fingerprint density at radius 1 is 0.368 bits per heavy atom. The summed E-state index contributed by atoms with van der Waals surface area (Å²) in [5.41, 5.74) is 13.6. The fourth-order valence-electron chi connectivity index (χ4n) is 14.3. The van der Waals surface area contributed by atoms with Gasteiger partial charge >= 0.3 is 0 Å². The zero-order valence-electron chi connectivity index (χ0n) is 40.1. The molecule has 11 rings (SSSR count). The van der Waals surface area contributed by atoms with Crippen molar-refractivity contribution in [3.05, 3.63) is 162 Å². The average Bonchev–Trinajstić information content (AvgIpc) is 3.35. The van der Waals surface area contributed by atoms with Crippen LogP contribution in [0, 0.1) is 58.2 Å². The fraction of sp³-hybridized carbons (Fsp3) is 0.349. The first-order valence-corrected chi connectivity index (χ1v) is 25.3. The summed E-state index contributed by atoms with van der Waals surface area (Å²) in [5.74, 6) is 6.59. The summed E-state index contributed by atoms with van der Waals surface area (Å²) in [6.07, 6.45) is 13.3. The summed E-state index contributed by atoms with van der Waals surface area (Å²) in [6, 6.07) is 53.9. The summed E-state index contributed by atoms with van der Waals surface area (Å²) in [5, 5.41) is 19.3. The van der Waals surface area contributed by atoms with Crippen molar-refractivity contribution in [3.63, 3.8) is 0 Å². The number of nitrogens with zero attached hydrogens (tertiary/aromatic N) is 5. The van der Waals surface area contributed by atoms with Gasteiger partial charge in [-0.25, -0.2) is 15.0 Å². The molecule has 4 saturated carbocycles. The van der Waals surface area contributed by atoms with Crippen LogP contribution < -0.4 is 0 Å². The predicted octanol–water partition coefficient (Wildman–Crippen LogP) is 15.8. The molecule has 4 aliphatic rings. The van der Waals surface area contributed by atoms with Crippen LogP contribution in [0.15, 0.2) is 140 Å². The summed E-state index contributed by atoms with van der Waals surface area (Å²) >= 11 is 0. The minimum Gasteiger partial charge on any atom is -0.208 e. The van der Waals surface area contributed by atoms with Crippen LogP contribution in [-0.4, -0.2) is 15.0 Å². The van der Waals surface area contributed by atoms with E-state index in [4.69, 9.17) is 15.0 Å². The van der Waals surface area contributed by atoms with Gasteiger partial charge in [0.1, 0.15) is 0 Å². The first kappa shape index (κ1) is 43.9. The molecule has 0 aliphatic heterocycles. The van der Waals surface area contributed by atoms with Crippen molar-refractivity contribution >= 4 is 0 Å². The molecule has 68 heavy (non-hydrogen) atoms. The lowest BCUT2D eigenvalue weighted by Crippen LogP contribution is -2.42. The molecule has 4 fully saturated rings. The molecule has 0 N–H and O–H groups in total. The smallest absolute Gasteiger partial charge is 0.164 e. The molecule has 0 saturated heterocycles. The normalized spacial score (nSPS) is 26.3. The molecular weight excluding hydrogens is 827 g/mol. The van der Waals surface area contributed by atoms with Gasteiger partial charge in [0.2, 0.25) is 0 Å². The zero-order chi connectivity index (χ0) is 46.6. The maximum absolute atomic E-state index is 9.65. The third-order valence-electron chi connectivity index (χ3n) is 16.5. The second kappa shape index (κ2) is 17.8. The molecule has 5 nitrogen and oxygen atoms in total. The van der Waals surface area contributed by atoms with E-state index >= 15 is 0 Å². The van der Waals surface area contributed by atoms with Gasteiger partial charge in [-0.15, -0.1) is 0 Å². The summed E-state index contributed by atoms with van der Waals surface area (Å²) in [4.78, 5) is 15.6. The van der Waals surface area contributed by atoms with Gasteiger partial charge in [0.15, 0.2) is 17.5 Å². The zero-order valence-corrected chi connectivity index (χ0v) is 40.1. The molecule has 5 unspecified atom stereocenters. The summed E-state index contributed by atoms with van der Waals surface area (Å²) in [7, 11) is 0. The van der Waals surface area contributed by atoms with Crippen LogP contribution in [0.3, 0.4) is 0 Å². The Morgan fingerprint density at radius 2 is 0.706 bits per heavy atom. The second-order valence-electron chi connectivity index (χ2n) is 22.1. The van der Waals surface area contributed by atoms with E-state index in [0.717, 1.165) is 74.5 Å². The Bertz CT molecular complexity index is 2860. The van der Waals surface area contributed by atoms with Crippen LogP contribution in [0.4, 0.5) is 0 Å². The van der Waals surface area contributed by atoms with E-state index in [2.05, 4.69) is 137 Å². The molecule has 7 aromatic rings. The molecule has 4 bridgehead atoms. The number of rotatable bonds is 8. The molecule has 4 aliphatic carbocycles. The molecular formula is C63H61N5. The number of hydrogen-bond acceptors (Lipinski definition) is 5. The number of benzene rings is 6. The third-order valence-corrected chi connectivity index (χ3v) is 16.5. The fourth-order valence-corrected chi connectivity index (χ4v) is 14.3. The predicted molar refractivity (Wildman–Crippen MR) is 275 cm³/mol. The van der Waals surface area contributed by atoms with Gasteiger partial charge in [-0.05, 0) is 185 Å². The number of nitriles is 2. The number of aromatic nitrogens is 3. The van der Waals surface area contributed by atoms with E-state index in [1.54, 1.807) is 6.07 Å². The molecule has 0 spiro atoms. The molecule has 338 valence electrons. The quantitative estimate of drug-likeness (QED) is 0.152. The number of fused-ring (bicyclic) bond motifs is 4. The van der Waals surface area contributed by atoms with Crippen molar-refractivity contribution in [3.8, 4) is 79.7 Å². The van der Waals surface area contributed by atoms with Gasteiger partial charge in [0.05, 0.1) is 23.3 Å². The van der Waals surface area contributed by atoms with Gasteiger partial charge in [0, 0.05) is 16.7 Å². The van der Waals surface area contributed by atoms with Crippen LogP contribution in [0.5, 0.6) is 0 Å². The lowest BCUT2D eigenvalue weighted by molar-refractivity contribution is 0.0779. The average molecular weight is 888 g/mol. The van der Waals surface area contributed by atoms with Crippen molar-refractivity contribution in [2.75, 3.05) is 0 Å². The van der Waals surface area contributed by atoms with Crippen LogP contribution in [0.25, 0.3) is 67.5 Å². The maximum Gasteiger partial charge on any atom is 0.164 e. The van der Waals surface area contributed by atoms with Gasteiger partial charge in [-0.1, -0.05) is 137 Å². The van der Waals surface area contributed by atoms with E-state index in [9.17, 15) is 10.5 Å². The molecule has 6 aromatic carbocycles. The van der Waals surface area contributed by atoms with Gasteiger partial charge in [0.25, 0.3) is 0 Å². The van der Waals surface area contributed by atoms with Crippen molar-refractivity contribution in [1.82, 2.24) is 15.0 Å². The van der Waals surface area contributed by atoms with Crippen molar-refractivity contribution in [2.24, 2.45) is 35.5 Å². The molecule has 0 radical (unpaired) electrons. The van der Waals surface area contributed by atoms with Crippen LogP contribution in [0.2, 0.25) is 0 Å². The van der Waals surface area contributed by atoms with Crippen LogP contribution >= 0.6 is 0 Å². The van der Waals surface area contributed by atoms with Crippen molar-refractivity contribution in [1.29, 1.82) is 10.5 Å².